The molecule has 4 nitrogen and oxygen atoms in total. The van der Waals surface area contributed by atoms with Gasteiger partial charge in [-0.15, -0.1) is 0 Å². The van der Waals surface area contributed by atoms with E-state index < -0.39 is 0 Å². The van der Waals surface area contributed by atoms with Crippen LogP contribution in [0.5, 0.6) is 0 Å². The van der Waals surface area contributed by atoms with Crippen LogP contribution in [0.25, 0.3) is 0 Å². The molecule has 1 aliphatic heterocycles. The molecule has 1 aliphatic rings. The average Bonchev–Trinajstić information content (AvgIpc) is 2.72. The first kappa shape index (κ1) is 9.68. The Morgan fingerprint density at radius 1 is 1.57 bits per heavy atom. The molecule has 0 saturated carbocycles. The van der Waals surface area contributed by atoms with Crippen LogP contribution in [-0.4, -0.2) is 41.0 Å². The normalized spacial score (nSPS) is 20.1. The molecule has 0 aliphatic carbocycles. The van der Waals surface area contributed by atoms with Crippen LogP contribution in [-0.2, 0) is 6.54 Å². The van der Waals surface area contributed by atoms with E-state index in [0.717, 1.165) is 6.54 Å². The number of hydrogen-bond donors (Lipinski definition) is 2. The minimum absolute atomic E-state index is 0.716. The highest BCUT2D eigenvalue weighted by Crippen LogP contribution is 2.11. The van der Waals surface area contributed by atoms with Gasteiger partial charge in [0.2, 0.25) is 0 Å². The average molecular weight is 194 g/mol. The quantitative estimate of drug-likeness (QED) is 0.740. The molecule has 1 fully saturated rings. The van der Waals surface area contributed by atoms with E-state index in [0.29, 0.717) is 6.04 Å². The Balaban J connectivity index is 1.79. The van der Waals surface area contributed by atoms with Crippen molar-refractivity contribution < 1.29 is 0 Å². The van der Waals surface area contributed by atoms with Gasteiger partial charge in [-0.05, 0) is 19.9 Å². The van der Waals surface area contributed by atoms with Crippen molar-refractivity contribution in [2.45, 2.75) is 25.4 Å². The van der Waals surface area contributed by atoms with E-state index in [1.165, 1.54) is 31.6 Å². The fraction of sp³-hybridized carbons (Fsp3) is 0.700. The number of hydrogen-bond acceptors (Lipinski definition) is 3. The zero-order valence-corrected chi connectivity index (χ0v) is 8.66. The van der Waals surface area contributed by atoms with Crippen molar-refractivity contribution in [1.29, 1.82) is 0 Å². The zero-order valence-electron chi connectivity index (χ0n) is 8.66. The number of imidazole rings is 1. The summed E-state index contributed by atoms with van der Waals surface area (Å²) in [6.45, 7) is 3.38. The van der Waals surface area contributed by atoms with Crippen LogP contribution in [0.1, 0.15) is 18.5 Å². The van der Waals surface area contributed by atoms with Crippen molar-refractivity contribution in [1.82, 2.24) is 20.2 Å². The van der Waals surface area contributed by atoms with Gasteiger partial charge in [0, 0.05) is 37.6 Å². The topological polar surface area (TPSA) is 44.0 Å². The lowest BCUT2D eigenvalue weighted by molar-refractivity contribution is 0.193. The van der Waals surface area contributed by atoms with Crippen molar-refractivity contribution >= 4 is 0 Å². The predicted octanol–water partition coefficient (Wildman–Crippen LogP) is 0.593. The third-order valence-corrected chi connectivity index (χ3v) is 2.94. The highest BCUT2D eigenvalue weighted by molar-refractivity contribution is 4.94. The van der Waals surface area contributed by atoms with Crippen molar-refractivity contribution in [3.8, 4) is 0 Å². The highest BCUT2D eigenvalue weighted by atomic mass is 15.1. The van der Waals surface area contributed by atoms with Crippen molar-refractivity contribution in [3.63, 3.8) is 0 Å². The van der Waals surface area contributed by atoms with Crippen LogP contribution in [0, 0.1) is 0 Å². The first-order valence-electron chi connectivity index (χ1n) is 5.25. The second-order valence-electron chi connectivity index (χ2n) is 3.92. The Morgan fingerprint density at radius 3 is 2.93 bits per heavy atom. The summed E-state index contributed by atoms with van der Waals surface area (Å²) in [6, 6.07) is 0.716. The van der Waals surface area contributed by atoms with E-state index >= 15 is 0 Å². The monoisotopic (exact) mass is 194 g/mol. The van der Waals surface area contributed by atoms with Gasteiger partial charge < -0.3 is 10.3 Å². The van der Waals surface area contributed by atoms with E-state index in [4.69, 9.17) is 0 Å². The van der Waals surface area contributed by atoms with Crippen molar-refractivity contribution in [3.05, 3.63) is 18.2 Å². The lowest BCUT2D eigenvalue weighted by Crippen LogP contribution is -2.40. The summed E-state index contributed by atoms with van der Waals surface area (Å²) in [6.07, 6.45) is 6.16. The maximum atomic E-state index is 4.02. The third kappa shape index (κ3) is 2.33. The molecule has 78 valence electrons. The van der Waals surface area contributed by atoms with Gasteiger partial charge in [0.1, 0.15) is 0 Å². The van der Waals surface area contributed by atoms with Gasteiger partial charge in [-0.1, -0.05) is 0 Å². The number of likely N-dealkylation sites (tertiary alicyclic amines) is 1. The molecule has 2 N–H and O–H groups in total. The maximum absolute atomic E-state index is 4.02. The van der Waals surface area contributed by atoms with Gasteiger partial charge in [-0.3, -0.25) is 4.90 Å². The molecule has 0 unspecified atom stereocenters. The minimum Gasteiger partial charge on any atom is -0.347 e. The Hall–Kier alpha value is -0.870. The van der Waals surface area contributed by atoms with Crippen molar-refractivity contribution in [2.24, 2.45) is 0 Å². The van der Waals surface area contributed by atoms with Gasteiger partial charge in [-0.25, -0.2) is 4.98 Å². The third-order valence-electron chi connectivity index (χ3n) is 2.94. The van der Waals surface area contributed by atoms with Crippen LogP contribution in [0.2, 0.25) is 0 Å². The minimum atomic E-state index is 0.716. The summed E-state index contributed by atoms with van der Waals surface area (Å²) in [7, 11) is 2.05. The lowest BCUT2D eigenvalue weighted by atomic mass is 10.1. The highest BCUT2D eigenvalue weighted by Gasteiger charge is 2.17. The van der Waals surface area contributed by atoms with Crippen LogP contribution < -0.4 is 5.32 Å². The van der Waals surface area contributed by atoms with E-state index in [1.807, 2.05) is 6.20 Å². The summed E-state index contributed by atoms with van der Waals surface area (Å²) < 4.78 is 0. The largest absolute Gasteiger partial charge is 0.347 e. The smallest absolute Gasteiger partial charge is 0.0922 e. The summed E-state index contributed by atoms with van der Waals surface area (Å²) in [5, 5.41) is 3.34. The Labute approximate surface area is 84.7 Å². The molecule has 2 rings (SSSR count). The van der Waals surface area contributed by atoms with Gasteiger partial charge >= 0.3 is 0 Å². The summed E-state index contributed by atoms with van der Waals surface area (Å²) >= 11 is 0. The zero-order chi connectivity index (χ0) is 9.80. The van der Waals surface area contributed by atoms with Gasteiger partial charge in [0.25, 0.3) is 0 Å². The second-order valence-corrected chi connectivity index (χ2v) is 3.92. The molecule has 0 aromatic carbocycles. The number of nitrogens with one attached hydrogen (secondary N) is 2. The van der Waals surface area contributed by atoms with E-state index in [1.54, 1.807) is 6.33 Å². The lowest BCUT2D eigenvalue weighted by Gasteiger charge is -2.31. The van der Waals surface area contributed by atoms with Crippen LogP contribution >= 0.6 is 0 Å². The Kier molecular flexibility index (Phi) is 3.16. The molecule has 2 heterocycles. The van der Waals surface area contributed by atoms with Crippen LogP contribution in [0.4, 0.5) is 0 Å². The summed E-state index contributed by atoms with van der Waals surface area (Å²) in [5.74, 6) is 0. The van der Waals surface area contributed by atoms with Gasteiger partial charge in [0.05, 0.1) is 6.33 Å². The molecule has 0 spiro atoms. The van der Waals surface area contributed by atoms with E-state index in [2.05, 4.69) is 27.2 Å². The molecule has 0 bridgehead atoms. The number of aromatic nitrogens is 2. The molecule has 4 heteroatoms. The molecule has 0 amide bonds. The Morgan fingerprint density at radius 2 is 2.36 bits per heavy atom. The van der Waals surface area contributed by atoms with Crippen molar-refractivity contribution in [2.75, 3.05) is 20.1 Å². The number of nitrogens with zero attached hydrogens (tertiary/aromatic N) is 2. The van der Waals surface area contributed by atoms with E-state index in [9.17, 15) is 0 Å². The van der Waals surface area contributed by atoms with Crippen LogP contribution in [0.15, 0.2) is 12.5 Å². The fourth-order valence-electron chi connectivity index (χ4n) is 1.99. The van der Waals surface area contributed by atoms with E-state index in [-0.39, 0.29) is 0 Å². The van der Waals surface area contributed by atoms with Gasteiger partial charge in [-0.2, -0.15) is 0 Å². The number of aromatic amines is 1. The molecular weight excluding hydrogens is 176 g/mol. The predicted molar refractivity (Wildman–Crippen MR) is 55.9 cm³/mol. The molecule has 1 saturated heterocycles. The molecule has 14 heavy (non-hydrogen) atoms. The molecule has 1 aromatic rings. The Bertz CT molecular complexity index is 249. The SMILES string of the molecule is CNC1CCN(Cc2cnc[nH]2)CC1. The number of rotatable bonds is 3. The standard InChI is InChI=1S/C10H18N4/c1-11-9-2-4-14(5-3-9)7-10-6-12-8-13-10/h6,8-9,11H,2-5,7H2,1H3,(H,12,13). The number of H-pyrrole nitrogens is 1. The first-order valence-corrected chi connectivity index (χ1v) is 5.25. The summed E-state index contributed by atoms with van der Waals surface area (Å²) in [4.78, 5) is 9.64. The molecule has 0 radical (unpaired) electrons. The molecule has 1 aromatic heterocycles. The fourth-order valence-corrected chi connectivity index (χ4v) is 1.99. The van der Waals surface area contributed by atoms with Gasteiger partial charge in [0.15, 0.2) is 0 Å². The number of piperidine rings is 1. The van der Waals surface area contributed by atoms with Crippen LogP contribution in [0.3, 0.4) is 0 Å². The molecule has 0 atom stereocenters. The second kappa shape index (κ2) is 4.57. The summed E-state index contributed by atoms with van der Waals surface area (Å²) in [5.41, 5.74) is 1.22. The maximum Gasteiger partial charge on any atom is 0.0922 e. The first-order chi connectivity index (χ1) is 6.88. The molecular formula is C10H18N4.